The van der Waals surface area contributed by atoms with E-state index in [1.54, 1.807) is 0 Å². The Hall–Kier alpha value is -8.03. The molecule has 0 aliphatic carbocycles. The minimum atomic E-state index is 0.0116. The highest BCUT2D eigenvalue weighted by Crippen LogP contribution is 2.49. The Balaban J connectivity index is 0.959. The Labute approximate surface area is 415 Å². The molecule has 0 amide bonds. The van der Waals surface area contributed by atoms with Crippen LogP contribution in [0.15, 0.2) is 250 Å². The first-order valence-corrected chi connectivity index (χ1v) is 25.4. The van der Waals surface area contributed by atoms with Crippen LogP contribution in [0.1, 0.15) is 0 Å². The van der Waals surface area contributed by atoms with Crippen molar-refractivity contribution in [2.24, 2.45) is 0 Å². The Morgan fingerprint density at radius 1 is 0.314 bits per heavy atom. The van der Waals surface area contributed by atoms with Gasteiger partial charge in [0.15, 0.2) is 0 Å². The highest BCUT2D eigenvalue weighted by Gasteiger charge is 2.46. The summed E-state index contributed by atoms with van der Waals surface area (Å²) in [5.41, 5.74) is 15.1. The molecule has 0 unspecified atom stereocenters. The SMILES string of the molecule is c1ccc(Oc2ccc3c4c5c(cc3c2)N(c2ccccc2)c2ccccc2B5c2cc3c(cc2S4)Sc2c4c(cc5cc(Oc6ccccc6)ccc25)N(c2ccccc2)c2ccccc2B34)cc1. The Morgan fingerprint density at radius 2 is 0.714 bits per heavy atom. The second-order valence-corrected chi connectivity index (χ2v) is 20.4. The van der Waals surface area contributed by atoms with E-state index in [4.69, 9.17) is 9.47 Å². The lowest BCUT2D eigenvalue weighted by molar-refractivity contribution is 0.483. The molecule has 0 radical (unpaired) electrons. The molecule has 4 aliphatic rings. The quantitative estimate of drug-likeness (QED) is 0.154. The molecule has 4 heterocycles. The van der Waals surface area contributed by atoms with Gasteiger partial charge in [-0.25, -0.2) is 0 Å². The van der Waals surface area contributed by atoms with Gasteiger partial charge in [-0.3, -0.25) is 0 Å². The average Bonchev–Trinajstić information content (AvgIpc) is 3.41. The van der Waals surface area contributed by atoms with Crippen LogP contribution in [0.5, 0.6) is 23.0 Å². The molecular weight excluding hydrogens is 890 g/mol. The van der Waals surface area contributed by atoms with Crippen molar-refractivity contribution < 1.29 is 9.47 Å². The maximum atomic E-state index is 6.48. The third kappa shape index (κ3) is 6.16. The predicted octanol–water partition coefficient (Wildman–Crippen LogP) is 13.1. The van der Waals surface area contributed by atoms with E-state index in [0.29, 0.717) is 0 Å². The van der Waals surface area contributed by atoms with Gasteiger partial charge < -0.3 is 19.3 Å². The van der Waals surface area contributed by atoms with Crippen LogP contribution in [0, 0.1) is 0 Å². The minimum absolute atomic E-state index is 0.0116. The van der Waals surface area contributed by atoms with Crippen LogP contribution in [0.2, 0.25) is 0 Å². The third-order valence-corrected chi connectivity index (χ3v) is 16.8. The molecule has 0 aromatic heterocycles. The van der Waals surface area contributed by atoms with E-state index in [0.717, 1.165) is 45.1 Å². The van der Waals surface area contributed by atoms with Crippen molar-refractivity contribution in [3.63, 3.8) is 0 Å². The van der Waals surface area contributed by atoms with E-state index >= 15 is 0 Å². The number of benzene rings is 11. The summed E-state index contributed by atoms with van der Waals surface area (Å²) in [5.74, 6) is 3.28. The number of hydrogen-bond donors (Lipinski definition) is 0. The molecular formula is C62H38B2N2O2S2. The van der Waals surface area contributed by atoms with Gasteiger partial charge >= 0.3 is 0 Å². The van der Waals surface area contributed by atoms with Gasteiger partial charge in [0.2, 0.25) is 13.4 Å². The molecule has 0 fully saturated rings. The van der Waals surface area contributed by atoms with Crippen molar-refractivity contribution in [2.75, 3.05) is 9.80 Å². The van der Waals surface area contributed by atoms with Gasteiger partial charge in [0, 0.05) is 53.7 Å². The van der Waals surface area contributed by atoms with Gasteiger partial charge in [-0.1, -0.05) is 150 Å². The second-order valence-electron chi connectivity index (χ2n) is 18.3. The number of hydrogen-bond acceptors (Lipinski definition) is 6. The van der Waals surface area contributed by atoms with Gasteiger partial charge in [-0.2, -0.15) is 0 Å². The van der Waals surface area contributed by atoms with Gasteiger partial charge in [0.1, 0.15) is 23.0 Å². The molecule has 0 bridgehead atoms. The van der Waals surface area contributed by atoms with E-state index in [9.17, 15) is 0 Å². The van der Waals surface area contributed by atoms with E-state index in [1.165, 1.54) is 85.9 Å². The summed E-state index contributed by atoms with van der Waals surface area (Å²) in [6.07, 6.45) is 0. The monoisotopic (exact) mass is 928 g/mol. The van der Waals surface area contributed by atoms with Crippen molar-refractivity contribution in [3.05, 3.63) is 231 Å². The molecule has 8 heteroatoms. The molecule has 0 atom stereocenters. The molecule has 0 saturated heterocycles. The fraction of sp³-hybridized carbons (Fsp3) is 0. The summed E-state index contributed by atoms with van der Waals surface area (Å²) in [5, 5.41) is 4.76. The first kappa shape index (κ1) is 39.9. The van der Waals surface area contributed by atoms with E-state index in [-0.39, 0.29) is 13.4 Å². The summed E-state index contributed by atoms with van der Waals surface area (Å²) in [7, 11) is 0. The molecule has 11 aromatic carbocycles. The largest absolute Gasteiger partial charge is 0.457 e. The van der Waals surface area contributed by atoms with Crippen molar-refractivity contribution in [3.8, 4) is 23.0 Å². The fourth-order valence-electron chi connectivity index (χ4n) is 11.5. The number of nitrogens with zero attached hydrogens (tertiary/aromatic N) is 2. The molecule has 0 saturated carbocycles. The minimum Gasteiger partial charge on any atom is -0.457 e. The van der Waals surface area contributed by atoms with Gasteiger partial charge in [0.25, 0.3) is 0 Å². The number of para-hydroxylation sites is 6. The standard InChI is InChI=1S/C62H38B2N2O2S2/c1-5-17-41(18-6-1)65-53-27-15-13-25-49(53)63-51-37-52-58(38-57(51)69-61-47-31-29-45(67-43-21-9-3-10-22-43)33-39(47)35-55(65)59(61)63)70-62-48-32-30-46(68-44-23-11-4-12-24-44)34-40(48)36-56-60(62)64(52)50-26-14-16-28-54(50)66(56)42-19-7-2-8-20-42/h1-38H. The average molecular weight is 929 g/mol. The zero-order valence-electron chi connectivity index (χ0n) is 37.6. The van der Waals surface area contributed by atoms with Crippen LogP contribution in [0.4, 0.5) is 34.1 Å². The van der Waals surface area contributed by atoms with E-state index in [1.807, 2.05) is 84.2 Å². The van der Waals surface area contributed by atoms with Crippen LogP contribution < -0.4 is 52.1 Å². The van der Waals surface area contributed by atoms with Gasteiger partial charge in [0.05, 0.1) is 0 Å². The summed E-state index contributed by atoms with van der Waals surface area (Å²) < 4.78 is 13.0. The maximum absolute atomic E-state index is 6.48. The van der Waals surface area contributed by atoms with E-state index < -0.39 is 0 Å². The molecule has 0 spiro atoms. The lowest BCUT2D eigenvalue weighted by Crippen LogP contribution is -2.63. The van der Waals surface area contributed by atoms with Gasteiger partial charge in [-0.05, 0) is 159 Å². The Kier molecular flexibility index (Phi) is 8.98. The molecule has 15 rings (SSSR count). The third-order valence-electron chi connectivity index (χ3n) is 14.4. The molecule has 4 aliphatic heterocycles. The number of anilines is 6. The van der Waals surface area contributed by atoms with Crippen LogP contribution in [-0.2, 0) is 0 Å². The summed E-state index contributed by atoms with van der Waals surface area (Å²) in [6, 6.07) is 83.2. The zero-order valence-corrected chi connectivity index (χ0v) is 39.3. The van der Waals surface area contributed by atoms with Crippen LogP contribution in [0.3, 0.4) is 0 Å². The molecule has 0 N–H and O–H groups in total. The van der Waals surface area contributed by atoms with Crippen molar-refractivity contribution in [2.45, 2.75) is 19.6 Å². The van der Waals surface area contributed by atoms with Gasteiger partial charge in [-0.15, -0.1) is 0 Å². The highest BCUT2D eigenvalue weighted by molar-refractivity contribution is 8.01. The summed E-state index contributed by atoms with van der Waals surface area (Å²) in [4.78, 5) is 10.2. The maximum Gasteiger partial charge on any atom is 0.249 e. The molecule has 4 nitrogen and oxygen atoms in total. The topological polar surface area (TPSA) is 24.9 Å². The van der Waals surface area contributed by atoms with Crippen LogP contribution in [-0.4, -0.2) is 13.4 Å². The fourth-order valence-corrected chi connectivity index (χ4v) is 14.2. The Bertz CT molecular complexity index is 3680. The first-order valence-electron chi connectivity index (χ1n) is 23.8. The molecule has 70 heavy (non-hydrogen) atoms. The second kappa shape index (κ2) is 15.8. The Morgan fingerprint density at radius 3 is 1.16 bits per heavy atom. The van der Waals surface area contributed by atoms with Crippen molar-refractivity contribution in [1.29, 1.82) is 0 Å². The molecule has 11 aromatic rings. The lowest BCUT2D eigenvalue weighted by atomic mass is 9.31. The van der Waals surface area contributed by atoms with Crippen molar-refractivity contribution >= 4 is 125 Å². The summed E-state index contributed by atoms with van der Waals surface area (Å²) >= 11 is 3.85. The first-order chi connectivity index (χ1) is 34.7. The summed E-state index contributed by atoms with van der Waals surface area (Å²) in [6.45, 7) is 0.0232. The number of rotatable bonds is 6. The van der Waals surface area contributed by atoms with Crippen LogP contribution >= 0.6 is 23.5 Å². The lowest BCUT2D eigenvalue weighted by Gasteiger charge is -2.43. The van der Waals surface area contributed by atoms with E-state index in [2.05, 4.69) is 180 Å². The molecule has 326 valence electrons. The zero-order chi connectivity index (χ0) is 45.9. The number of ether oxygens (including phenoxy) is 2. The van der Waals surface area contributed by atoms with Crippen molar-refractivity contribution in [1.82, 2.24) is 0 Å². The number of fused-ring (bicyclic) bond motifs is 12. The van der Waals surface area contributed by atoms with Crippen LogP contribution in [0.25, 0.3) is 21.5 Å². The predicted molar refractivity (Wildman–Crippen MR) is 294 cm³/mol. The highest BCUT2D eigenvalue weighted by atomic mass is 32.2. The normalized spacial score (nSPS) is 13.5. The smallest absolute Gasteiger partial charge is 0.249 e.